The highest BCUT2D eigenvalue weighted by molar-refractivity contribution is 14.0. The van der Waals surface area contributed by atoms with E-state index in [1.165, 1.54) is 0 Å². The predicted molar refractivity (Wildman–Crippen MR) is 141 cm³/mol. The van der Waals surface area contributed by atoms with Crippen LogP contribution >= 0.6 is 24.0 Å². The Labute approximate surface area is 212 Å². The van der Waals surface area contributed by atoms with Crippen LogP contribution < -0.4 is 15.0 Å². The van der Waals surface area contributed by atoms with Gasteiger partial charge in [-0.1, -0.05) is 18.2 Å². The van der Waals surface area contributed by atoms with E-state index in [1.54, 1.807) is 18.6 Å². The standard InChI is InChI=1S/C24H29N7O.HI/c1-2-25-23(30-13-15-31(16-14-30)24-27-11-6-12-28-24)29-18-20-7-5-9-22(17-20)32-19-21-8-3-4-10-26-21;/h3-12,17H,2,13-16,18-19H2,1H3,(H,25,29);1H. The molecule has 0 atom stereocenters. The number of rotatable bonds is 7. The highest BCUT2D eigenvalue weighted by atomic mass is 127. The van der Waals surface area contributed by atoms with Crippen molar-refractivity contribution >= 4 is 35.9 Å². The highest BCUT2D eigenvalue weighted by Gasteiger charge is 2.21. The molecule has 1 fully saturated rings. The molecule has 4 rings (SSSR count). The molecule has 2 aromatic heterocycles. The molecule has 0 bridgehead atoms. The fourth-order valence-corrected chi connectivity index (χ4v) is 3.54. The number of halogens is 1. The lowest BCUT2D eigenvalue weighted by Gasteiger charge is -2.36. The van der Waals surface area contributed by atoms with Crippen LogP contribution in [0.15, 0.2) is 72.1 Å². The number of aliphatic imine (C=N–C) groups is 1. The van der Waals surface area contributed by atoms with Crippen molar-refractivity contribution in [1.82, 2.24) is 25.2 Å². The van der Waals surface area contributed by atoms with Gasteiger partial charge in [-0.05, 0) is 42.8 Å². The van der Waals surface area contributed by atoms with E-state index in [0.717, 1.165) is 61.6 Å². The number of nitrogens with zero attached hydrogens (tertiary/aromatic N) is 6. The van der Waals surface area contributed by atoms with E-state index in [0.29, 0.717) is 13.2 Å². The molecule has 0 aliphatic carbocycles. The Morgan fingerprint density at radius 2 is 1.76 bits per heavy atom. The zero-order chi connectivity index (χ0) is 22.0. The minimum Gasteiger partial charge on any atom is -0.487 e. The van der Waals surface area contributed by atoms with Crippen molar-refractivity contribution in [2.24, 2.45) is 4.99 Å². The molecule has 1 aromatic carbocycles. The third-order valence-corrected chi connectivity index (χ3v) is 5.17. The van der Waals surface area contributed by atoms with Gasteiger partial charge in [-0.15, -0.1) is 24.0 Å². The van der Waals surface area contributed by atoms with E-state index in [2.05, 4.69) is 43.1 Å². The van der Waals surface area contributed by atoms with Gasteiger partial charge in [0.15, 0.2) is 5.96 Å². The second-order valence-corrected chi connectivity index (χ2v) is 7.45. The molecule has 0 amide bonds. The van der Waals surface area contributed by atoms with E-state index < -0.39 is 0 Å². The molecule has 33 heavy (non-hydrogen) atoms. The number of guanidine groups is 1. The molecule has 1 aliphatic rings. The first-order chi connectivity index (χ1) is 15.8. The minimum absolute atomic E-state index is 0. The molecule has 0 saturated carbocycles. The molecule has 8 nitrogen and oxygen atoms in total. The summed E-state index contributed by atoms with van der Waals surface area (Å²) in [6.07, 6.45) is 5.35. The Kier molecular flexibility index (Phi) is 9.67. The largest absolute Gasteiger partial charge is 0.487 e. The van der Waals surface area contributed by atoms with Crippen LogP contribution in [0, 0.1) is 0 Å². The summed E-state index contributed by atoms with van der Waals surface area (Å²) in [5, 5.41) is 3.43. The van der Waals surface area contributed by atoms with Gasteiger partial charge >= 0.3 is 0 Å². The number of nitrogens with one attached hydrogen (secondary N) is 1. The van der Waals surface area contributed by atoms with Crippen molar-refractivity contribution in [1.29, 1.82) is 0 Å². The average molecular weight is 559 g/mol. The zero-order valence-electron chi connectivity index (χ0n) is 18.8. The number of piperazine rings is 1. The average Bonchev–Trinajstić information content (AvgIpc) is 2.87. The number of pyridine rings is 1. The monoisotopic (exact) mass is 559 g/mol. The van der Waals surface area contributed by atoms with Crippen LogP contribution in [0.1, 0.15) is 18.2 Å². The van der Waals surface area contributed by atoms with Gasteiger partial charge < -0.3 is 19.9 Å². The van der Waals surface area contributed by atoms with Crippen LogP contribution in [0.25, 0.3) is 0 Å². The van der Waals surface area contributed by atoms with Gasteiger partial charge in [0.1, 0.15) is 12.4 Å². The number of aromatic nitrogens is 3. The maximum Gasteiger partial charge on any atom is 0.225 e. The third-order valence-electron chi connectivity index (χ3n) is 5.17. The van der Waals surface area contributed by atoms with Gasteiger partial charge in [0.2, 0.25) is 5.95 Å². The number of hydrogen-bond acceptors (Lipinski definition) is 6. The maximum atomic E-state index is 5.90. The lowest BCUT2D eigenvalue weighted by atomic mass is 10.2. The first kappa shape index (κ1) is 24.7. The van der Waals surface area contributed by atoms with Gasteiger partial charge in [0.05, 0.1) is 12.2 Å². The summed E-state index contributed by atoms with van der Waals surface area (Å²) in [5.41, 5.74) is 2.01. The fourth-order valence-electron chi connectivity index (χ4n) is 3.54. The minimum atomic E-state index is 0. The van der Waals surface area contributed by atoms with Crippen LogP contribution in [0.5, 0.6) is 5.75 Å². The molecular formula is C24H30IN7O. The second-order valence-electron chi connectivity index (χ2n) is 7.45. The molecule has 0 spiro atoms. The van der Waals surface area contributed by atoms with Crippen LogP contribution in [0.4, 0.5) is 5.95 Å². The van der Waals surface area contributed by atoms with Gasteiger partial charge in [-0.2, -0.15) is 0 Å². The number of hydrogen-bond donors (Lipinski definition) is 1. The van der Waals surface area contributed by atoms with Crippen molar-refractivity contribution in [3.05, 3.63) is 78.4 Å². The fraction of sp³-hybridized carbons (Fsp3) is 0.333. The maximum absolute atomic E-state index is 5.90. The van der Waals surface area contributed by atoms with Crippen LogP contribution in [-0.4, -0.2) is 58.5 Å². The van der Waals surface area contributed by atoms with E-state index >= 15 is 0 Å². The van der Waals surface area contributed by atoms with Crippen LogP contribution in [-0.2, 0) is 13.2 Å². The Bertz CT molecular complexity index is 996. The van der Waals surface area contributed by atoms with Gasteiger partial charge in [0, 0.05) is 51.3 Å². The molecule has 0 radical (unpaired) electrons. The topological polar surface area (TPSA) is 78.8 Å². The number of benzene rings is 1. The summed E-state index contributed by atoms with van der Waals surface area (Å²) in [6.45, 7) is 7.44. The Morgan fingerprint density at radius 3 is 2.48 bits per heavy atom. The Morgan fingerprint density at radius 1 is 0.970 bits per heavy atom. The summed E-state index contributed by atoms with van der Waals surface area (Å²) in [7, 11) is 0. The van der Waals surface area contributed by atoms with Gasteiger partial charge in [-0.25, -0.2) is 15.0 Å². The van der Waals surface area contributed by atoms with E-state index in [1.807, 2.05) is 42.5 Å². The second kappa shape index (κ2) is 12.9. The predicted octanol–water partition coefficient (Wildman–Crippen LogP) is 3.36. The summed E-state index contributed by atoms with van der Waals surface area (Å²) >= 11 is 0. The van der Waals surface area contributed by atoms with Gasteiger partial charge in [-0.3, -0.25) is 4.98 Å². The van der Waals surface area contributed by atoms with Crippen LogP contribution in [0.2, 0.25) is 0 Å². The SMILES string of the molecule is CCNC(=NCc1cccc(OCc2ccccn2)c1)N1CCN(c2ncccn2)CC1.I. The molecule has 1 saturated heterocycles. The molecule has 174 valence electrons. The highest BCUT2D eigenvalue weighted by Crippen LogP contribution is 2.16. The first-order valence-corrected chi connectivity index (χ1v) is 11.0. The summed E-state index contributed by atoms with van der Waals surface area (Å²) in [5.74, 6) is 2.54. The quantitative estimate of drug-likeness (QED) is 0.270. The molecule has 1 aliphatic heterocycles. The van der Waals surface area contributed by atoms with E-state index in [4.69, 9.17) is 9.73 Å². The summed E-state index contributed by atoms with van der Waals surface area (Å²) in [6, 6.07) is 15.8. The molecule has 1 N–H and O–H groups in total. The lowest BCUT2D eigenvalue weighted by Crippen LogP contribution is -2.52. The molecular weight excluding hydrogens is 529 g/mol. The number of ether oxygens (including phenoxy) is 1. The number of anilines is 1. The first-order valence-electron chi connectivity index (χ1n) is 11.0. The lowest BCUT2D eigenvalue weighted by molar-refractivity contribution is 0.301. The molecule has 3 aromatic rings. The Balaban J connectivity index is 0.00000306. The van der Waals surface area contributed by atoms with E-state index in [-0.39, 0.29) is 24.0 Å². The van der Waals surface area contributed by atoms with E-state index in [9.17, 15) is 0 Å². The van der Waals surface area contributed by atoms with Crippen molar-refractivity contribution in [3.63, 3.8) is 0 Å². The smallest absolute Gasteiger partial charge is 0.225 e. The summed E-state index contributed by atoms with van der Waals surface area (Å²) < 4.78 is 5.90. The zero-order valence-corrected chi connectivity index (χ0v) is 21.1. The molecule has 3 heterocycles. The van der Waals surface area contributed by atoms with Gasteiger partial charge in [0.25, 0.3) is 0 Å². The van der Waals surface area contributed by atoms with Crippen molar-refractivity contribution < 1.29 is 4.74 Å². The van der Waals surface area contributed by atoms with Crippen molar-refractivity contribution in [2.45, 2.75) is 20.1 Å². The third kappa shape index (κ3) is 7.28. The molecule has 9 heteroatoms. The Hall–Kier alpha value is -2.95. The normalized spacial score (nSPS) is 13.9. The van der Waals surface area contributed by atoms with Crippen molar-refractivity contribution in [2.75, 3.05) is 37.6 Å². The summed E-state index contributed by atoms with van der Waals surface area (Å²) in [4.78, 5) is 22.4. The molecule has 0 unspecified atom stereocenters. The van der Waals surface area contributed by atoms with Crippen molar-refractivity contribution in [3.8, 4) is 5.75 Å². The van der Waals surface area contributed by atoms with Crippen LogP contribution in [0.3, 0.4) is 0 Å².